The van der Waals surface area contributed by atoms with E-state index in [2.05, 4.69) is 10.4 Å². The summed E-state index contributed by atoms with van der Waals surface area (Å²) in [5, 5.41) is 6.68. The van der Waals surface area contributed by atoms with Crippen LogP contribution in [-0.4, -0.2) is 15.7 Å². The Hall–Kier alpha value is -4.08. The van der Waals surface area contributed by atoms with Gasteiger partial charge >= 0.3 is 6.18 Å². The standard InChI is InChI=1S/C23H17F4N3O3/c24-17-4-6-19(7-5-17)32-14-20-8-9-21(33-20)22(31)29-18-11-28-30(13-18)12-15-2-1-3-16(10-15)23(25,26)27/h1-11,13H,12,14H2,(H,29,31). The van der Waals surface area contributed by atoms with Gasteiger partial charge in [0, 0.05) is 6.20 Å². The maximum Gasteiger partial charge on any atom is 0.416 e. The first-order valence-electron chi connectivity index (χ1n) is 9.73. The topological polar surface area (TPSA) is 69.3 Å². The SMILES string of the molecule is O=C(Nc1cnn(Cc2cccc(C(F)(F)F)c2)c1)c1ccc(COc2ccc(F)cc2)o1. The number of hydrogen-bond acceptors (Lipinski definition) is 4. The Morgan fingerprint density at radius 3 is 2.64 bits per heavy atom. The number of benzene rings is 2. The Labute approximate surface area is 185 Å². The van der Waals surface area contributed by atoms with Gasteiger partial charge in [-0.2, -0.15) is 18.3 Å². The third-order valence-corrected chi connectivity index (χ3v) is 4.57. The van der Waals surface area contributed by atoms with Crippen molar-refractivity contribution in [1.82, 2.24) is 9.78 Å². The molecule has 2 heterocycles. The molecule has 6 nitrogen and oxygen atoms in total. The summed E-state index contributed by atoms with van der Waals surface area (Å²) in [5.74, 6) is -0.0193. The number of carbonyl (C=O) groups is 1. The Kier molecular flexibility index (Phi) is 6.16. The highest BCUT2D eigenvalue weighted by Gasteiger charge is 2.30. The molecule has 0 spiro atoms. The summed E-state index contributed by atoms with van der Waals surface area (Å²) in [6.07, 6.45) is -1.54. The minimum absolute atomic E-state index is 0.0401. The van der Waals surface area contributed by atoms with Crippen molar-refractivity contribution >= 4 is 11.6 Å². The van der Waals surface area contributed by atoms with Gasteiger partial charge in [0.1, 0.15) is 23.9 Å². The lowest BCUT2D eigenvalue weighted by Gasteiger charge is -2.08. The van der Waals surface area contributed by atoms with Crippen molar-refractivity contribution < 1.29 is 31.5 Å². The average Bonchev–Trinajstić information content (AvgIpc) is 3.43. The zero-order chi connectivity index (χ0) is 23.4. The first-order chi connectivity index (χ1) is 15.8. The molecule has 33 heavy (non-hydrogen) atoms. The van der Waals surface area contributed by atoms with Gasteiger partial charge in [-0.1, -0.05) is 12.1 Å². The van der Waals surface area contributed by atoms with E-state index in [0.717, 1.165) is 12.1 Å². The van der Waals surface area contributed by atoms with Crippen LogP contribution >= 0.6 is 0 Å². The van der Waals surface area contributed by atoms with Crippen molar-refractivity contribution in [2.75, 3.05) is 5.32 Å². The fraction of sp³-hybridized carbons (Fsp3) is 0.130. The van der Waals surface area contributed by atoms with Crippen molar-refractivity contribution in [3.63, 3.8) is 0 Å². The number of nitrogens with one attached hydrogen (secondary N) is 1. The Morgan fingerprint density at radius 2 is 1.88 bits per heavy atom. The molecule has 4 rings (SSSR count). The van der Waals surface area contributed by atoms with E-state index in [0.29, 0.717) is 22.8 Å². The lowest BCUT2D eigenvalue weighted by atomic mass is 10.1. The quantitative estimate of drug-likeness (QED) is 0.370. The Morgan fingerprint density at radius 1 is 1.09 bits per heavy atom. The van der Waals surface area contributed by atoms with Crippen LogP contribution in [0.3, 0.4) is 0 Å². The summed E-state index contributed by atoms with van der Waals surface area (Å²) in [5.41, 5.74) is 0.0350. The predicted octanol–water partition coefficient (Wildman–Crippen LogP) is 5.51. The number of aromatic nitrogens is 2. The largest absolute Gasteiger partial charge is 0.486 e. The van der Waals surface area contributed by atoms with Gasteiger partial charge in [0.25, 0.3) is 5.91 Å². The van der Waals surface area contributed by atoms with E-state index in [1.54, 1.807) is 12.1 Å². The molecule has 0 saturated heterocycles. The summed E-state index contributed by atoms with van der Waals surface area (Å²) >= 11 is 0. The number of hydrogen-bond donors (Lipinski definition) is 1. The van der Waals surface area contributed by atoms with Crippen LogP contribution in [-0.2, 0) is 19.3 Å². The van der Waals surface area contributed by atoms with E-state index in [1.807, 2.05) is 0 Å². The first-order valence-corrected chi connectivity index (χ1v) is 9.73. The summed E-state index contributed by atoms with van der Waals surface area (Å²) in [6.45, 7) is 0.152. The molecule has 0 unspecified atom stereocenters. The monoisotopic (exact) mass is 459 g/mol. The number of anilines is 1. The number of nitrogens with zero attached hydrogens (tertiary/aromatic N) is 2. The molecule has 0 saturated carbocycles. The molecule has 0 aliphatic carbocycles. The number of amides is 1. The number of rotatable bonds is 7. The number of carbonyl (C=O) groups excluding carboxylic acids is 1. The molecular formula is C23H17F4N3O3. The zero-order valence-electron chi connectivity index (χ0n) is 17.0. The van der Waals surface area contributed by atoms with Gasteiger partial charge < -0.3 is 14.5 Å². The van der Waals surface area contributed by atoms with Crippen LogP contribution in [0.25, 0.3) is 0 Å². The third kappa shape index (κ3) is 5.79. The second-order valence-electron chi connectivity index (χ2n) is 7.09. The second kappa shape index (κ2) is 9.19. The molecule has 0 radical (unpaired) electrons. The van der Waals surface area contributed by atoms with Gasteiger partial charge in [0.2, 0.25) is 0 Å². The van der Waals surface area contributed by atoms with Gasteiger partial charge in [-0.15, -0.1) is 0 Å². The third-order valence-electron chi connectivity index (χ3n) is 4.57. The summed E-state index contributed by atoms with van der Waals surface area (Å²) in [7, 11) is 0. The van der Waals surface area contributed by atoms with E-state index < -0.39 is 17.6 Å². The van der Waals surface area contributed by atoms with Gasteiger partial charge in [-0.05, 0) is 54.1 Å². The molecule has 0 bridgehead atoms. The van der Waals surface area contributed by atoms with Crippen molar-refractivity contribution in [2.24, 2.45) is 0 Å². The van der Waals surface area contributed by atoms with Crippen molar-refractivity contribution in [2.45, 2.75) is 19.3 Å². The highest BCUT2D eigenvalue weighted by Crippen LogP contribution is 2.29. The lowest BCUT2D eigenvalue weighted by molar-refractivity contribution is -0.137. The highest BCUT2D eigenvalue weighted by atomic mass is 19.4. The maximum absolute atomic E-state index is 12.9. The highest BCUT2D eigenvalue weighted by molar-refractivity contribution is 6.02. The van der Waals surface area contributed by atoms with E-state index in [-0.39, 0.29) is 24.7 Å². The smallest absolute Gasteiger partial charge is 0.416 e. The molecule has 0 atom stereocenters. The molecule has 170 valence electrons. The molecule has 2 aromatic heterocycles. The van der Waals surface area contributed by atoms with E-state index in [9.17, 15) is 22.4 Å². The van der Waals surface area contributed by atoms with Gasteiger partial charge in [0.15, 0.2) is 5.76 Å². The van der Waals surface area contributed by atoms with Gasteiger partial charge in [-0.3, -0.25) is 9.48 Å². The molecule has 4 aromatic rings. The van der Waals surface area contributed by atoms with Crippen LogP contribution in [0.2, 0.25) is 0 Å². The molecule has 1 N–H and O–H groups in total. The number of alkyl halides is 3. The molecule has 1 amide bonds. The number of ether oxygens (including phenoxy) is 1. The number of halogens is 4. The molecule has 10 heteroatoms. The van der Waals surface area contributed by atoms with Crippen LogP contribution in [0.1, 0.15) is 27.4 Å². The molecule has 2 aromatic carbocycles. The zero-order valence-corrected chi connectivity index (χ0v) is 17.0. The first kappa shape index (κ1) is 22.1. The second-order valence-corrected chi connectivity index (χ2v) is 7.09. The summed E-state index contributed by atoms with van der Waals surface area (Å²) < 4.78 is 63.9. The van der Waals surface area contributed by atoms with Crippen LogP contribution in [0.5, 0.6) is 5.75 Å². The lowest BCUT2D eigenvalue weighted by Crippen LogP contribution is -2.10. The minimum atomic E-state index is -4.43. The van der Waals surface area contributed by atoms with E-state index in [1.165, 1.54) is 53.5 Å². The Bertz CT molecular complexity index is 1250. The van der Waals surface area contributed by atoms with Crippen LogP contribution in [0.4, 0.5) is 23.2 Å². The van der Waals surface area contributed by atoms with Crippen molar-refractivity contribution in [3.8, 4) is 5.75 Å². The van der Waals surface area contributed by atoms with Crippen LogP contribution in [0, 0.1) is 5.82 Å². The fourth-order valence-corrected chi connectivity index (χ4v) is 3.00. The predicted molar refractivity (Wildman–Crippen MR) is 110 cm³/mol. The van der Waals surface area contributed by atoms with E-state index >= 15 is 0 Å². The molecular weight excluding hydrogens is 442 g/mol. The number of furan rings is 1. The van der Waals surface area contributed by atoms with E-state index in [4.69, 9.17) is 9.15 Å². The van der Waals surface area contributed by atoms with Gasteiger partial charge in [-0.25, -0.2) is 4.39 Å². The fourth-order valence-electron chi connectivity index (χ4n) is 3.00. The molecule has 0 aliphatic heterocycles. The van der Waals surface area contributed by atoms with Gasteiger partial charge in [0.05, 0.1) is 24.0 Å². The molecule has 0 aliphatic rings. The van der Waals surface area contributed by atoms with Crippen LogP contribution in [0.15, 0.2) is 77.5 Å². The van der Waals surface area contributed by atoms with Crippen molar-refractivity contribution in [3.05, 3.63) is 102 Å². The van der Waals surface area contributed by atoms with Crippen LogP contribution < -0.4 is 10.1 Å². The van der Waals surface area contributed by atoms with Crippen molar-refractivity contribution in [1.29, 1.82) is 0 Å². The normalized spacial score (nSPS) is 11.4. The summed E-state index contributed by atoms with van der Waals surface area (Å²) in [4.78, 5) is 12.4. The minimum Gasteiger partial charge on any atom is -0.486 e. The maximum atomic E-state index is 12.9. The average molecular weight is 459 g/mol. The Balaban J connectivity index is 1.34. The molecule has 0 fully saturated rings. The summed E-state index contributed by atoms with van der Waals surface area (Å²) in [6, 6.07) is 13.5.